The highest BCUT2D eigenvalue weighted by molar-refractivity contribution is 6.33. The first-order valence-corrected chi connectivity index (χ1v) is 6.55. The minimum Gasteiger partial charge on any atom is -0.354 e. The number of halogens is 2. The Labute approximate surface area is 121 Å². The van der Waals surface area contributed by atoms with Gasteiger partial charge in [0, 0.05) is 22.3 Å². The van der Waals surface area contributed by atoms with Crippen LogP contribution in [0.1, 0.15) is 0 Å². The third-order valence-electron chi connectivity index (χ3n) is 2.85. The zero-order valence-corrected chi connectivity index (χ0v) is 11.4. The topological polar surface area (TPSA) is 24.9 Å². The molecule has 0 unspecified atom stereocenters. The van der Waals surface area contributed by atoms with E-state index in [1.54, 1.807) is 6.20 Å². The van der Waals surface area contributed by atoms with Crippen LogP contribution in [-0.4, -0.2) is 4.98 Å². The van der Waals surface area contributed by atoms with E-state index in [-0.39, 0.29) is 0 Å². The van der Waals surface area contributed by atoms with Crippen LogP contribution in [0.4, 0.5) is 11.4 Å². The number of hydrogen-bond acceptors (Lipinski definition) is 2. The fraction of sp³-hybridized carbons (Fsp3) is 0. The molecular formula is C15H10Cl2N2. The Kier molecular flexibility index (Phi) is 3.28. The molecule has 0 aliphatic carbocycles. The first-order valence-electron chi connectivity index (χ1n) is 5.80. The van der Waals surface area contributed by atoms with E-state index in [0.717, 1.165) is 22.3 Å². The van der Waals surface area contributed by atoms with Gasteiger partial charge in [-0.25, -0.2) is 0 Å². The summed E-state index contributed by atoms with van der Waals surface area (Å²) in [5, 5.41) is 5.64. The quantitative estimate of drug-likeness (QED) is 0.693. The minimum atomic E-state index is 0.675. The van der Waals surface area contributed by atoms with Gasteiger partial charge in [0.1, 0.15) is 0 Å². The van der Waals surface area contributed by atoms with Crippen molar-refractivity contribution in [3.63, 3.8) is 0 Å². The van der Waals surface area contributed by atoms with Crippen molar-refractivity contribution in [3.8, 4) is 0 Å². The van der Waals surface area contributed by atoms with Gasteiger partial charge in [0.05, 0.1) is 16.2 Å². The van der Waals surface area contributed by atoms with Crippen LogP contribution in [0.25, 0.3) is 10.9 Å². The average molecular weight is 289 g/mol. The normalized spacial score (nSPS) is 10.6. The molecule has 0 atom stereocenters. The second-order valence-corrected chi connectivity index (χ2v) is 4.97. The smallest absolute Gasteiger partial charge is 0.0723 e. The van der Waals surface area contributed by atoms with E-state index in [1.165, 1.54) is 0 Å². The number of hydrogen-bond donors (Lipinski definition) is 1. The van der Waals surface area contributed by atoms with Gasteiger partial charge in [-0.05, 0) is 36.4 Å². The van der Waals surface area contributed by atoms with Crippen molar-refractivity contribution in [2.75, 3.05) is 5.32 Å². The maximum Gasteiger partial charge on any atom is 0.0723 e. The van der Waals surface area contributed by atoms with Gasteiger partial charge in [0.15, 0.2) is 0 Å². The van der Waals surface area contributed by atoms with Crippen molar-refractivity contribution in [1.82, 2.24) is 4.98 Å². The first-order chi connectivity index (χ1) is 9.24. The number of nitrogens with zero attached hydrogens (tertiary/aromatic N) is 1. The molecule has 1 aromatic heterocycles. The third kappa shape index (κ3) is 2.50. The van der Waals surface area contributed by atoms with Crippen LogP contribution >= 0.6 is 23.2 Å². The van der Waals surface area contributed by atoms with Crippen LogP contribution in [0.3, 0.4) is 0 Å². The number of nitrogens with one attached hydrogen (secondary N) is 1. The zero-order chi connectivity index (χ0) is 13.2. The predicted octanol–water partition coefficient (Wildman–Crippen LogP) is 5.29. The first kappa shape index (κ1) is 12.3. The molecule has 1 N–H and O–H groups in total. The van der Waals surface area contributed by atoms with E-state index in [9.17, 15) is 0 Å². The van der Waals surface area contributed by atoms with Gasteiger partial charge in [-0.2, -0.15) is 0 Å². The minimum absolute atomic E-state index is 0.675. The van der Waals surface area contributed by atoms with Gasteiger partial charge in [-0.3, -0.25) is 4.98 Å². The molecule has 0 aliphatic rings. The molecule has 2 aromatic carbocycles. The van der Waals surface area contributed by atoms with Crippen LogP contribution in [0, 0.1) is 0 Å². The Morgan fingerprint density at radius 3 is 2.58 bits per heavy atom. The standard InChI is InChI=1S/C15H10Cl2N2/c16-10-5-6-13-11(9-10)14(7-8-18-13)19-15-4-2-1-3-12(15)17/h1-9H,(H,18,19). The van der Waals surface area contributed by atoms with E-state index in [0.29, 0.717) is 10.0 Å². The van der Waals surface area contributed by atoms with Crippen LogP contribution in [0.15, 0.2) is 54.7 Å². The summed E-state index contributed by atoms with van der Waals surface area (Å²) in [6.07, 6.45) is 1.76. The molecule has 3 aromatic rings. The third-order valence-corrected chi connectivity index (χ3v) is 3.41. The Hall–Kier alpha value is -1.77. The largest absolute Gasteiger partial charge is 0.354 e. The van der Waals surface area contributed by atoms with Crippen molar-refractivity contribution in [1.29, 1.82) is 0 Å². The number of rotatable bonds is 2. The maximum atomic E-state index is 6.15. The SMILES string of the molecule is Clc1ccc2nccc(Nc3ccccc3Cl)c2c1. The summed E-state index contributed by atoms with van der Waals surface area (Å²) in [5.41, 5.74) is 2.68. The maximum absolute atomic E-state index is 6.15. The highest BCUT2D eigenvalue weighted by atomic mass is 35.5. The van der Waals surface area contributed by atoms with Crippen molar-refractivity contribution >= 4 is 45.5 Å². The van der Waals surface area contributed by atoms with Gasteiger partial charge in [0.2, 0.25) is 0 Å². The molecular weight excluding hydrogens is 279 g/mol. The molecule has 3 rings (SSSR count). The second kappa shape index (κ2) is 5.08. The lowest BCUT2D eigenvalue weighted by Crippen LogP contribution is -1.93. The van der Waals surface area contributed by atoms with E-state index in [1.807, 2.05) is 48.5 Å². The predicted molar refractivity (Wildman–Crippen MR) is 81.5 cm³/mol. The molecule has 0 amide bonds. The summed E-state index contributed by atoms with van der Waals surface area (Å²) in [5.74, 6) is 0. The van der Waals surface area contributed by atoms with Crippen LogP contribution in [0.2, 0.25) is 10.0 Å². The van der Waals surface area contributed by atoms with Crippen molar-refractivity contribution in [2.24, 2.45) is 0 Å². The Bertz CT molecular complexity index is 741. The highest BCUT2D eigenvalue weighted by Gasteiger charge is 2.05. The molecule has 0 radical (unpaired) electrons. The van der Waals surface area contributed by atoms with E-state index in [4.69, 9.17) is 23.2 Å². The van der Waals surface area contributed by atoms with Crippen molar-refractivity contribution < 1.29 is 0 Å². The van der Waals surface area contributed by atoms with Crippen molar-refractivity contribution in [3.05, 3.63) is 64.8 Å². The molecule has 19 heavy (non-hydrogen) atoms. The number of anilines is 2. The summed E-state index contributed by atoms with van der Waals surface area (Å²) in [7, 11) is 0. The number of para-hydroxylation sites is 1. The van der Waals surface area contributed by atoms with E-state index in [2.05, 4.69) is 10.3 Å². The molecule has 4 heteroatoms. The number of fused-ring (bicyclic) bond motifs is 1. The number of aromatic nitrogens is 1. The van der Waals surface area contributed by atoms with Crippen LogP contribution < -0.4 is 5.32 Å². The van der Waals surface area contributed by atoms with Crippen LogP contribution in [-0.2, 0) is 0 Å². The Morgan fingerprint density at radius 2 is 1.74 bits per heavy atom. The van der Waals surface area contributed by atoms with Crippen molar-refractivity contribution in [2.45, 2.75) is 0 Å². The molecule has 0 aliphatic heterocycles. The fourth-order valence-electron chi connectivity index (χ4n) is 1.94. The number of benzene rings is 2. The highest BCUT2D eigenvalue weighted by Crippen LogP contribution is 2.30. The molecule has 0 saturated carbocycles. The Morgan fingerprint density at radius 1 is 0.895 bits per heavy atom. The Balaban J connectivity index is 2.10. The summed E-state index contributed by atoms with van der Waals surface area (Å²) in [6.45, 7) is 0. The van der Waals surface area contributed by atoms with E-state index < -0.39 is 0 Å². The molecule has 0 spiro atoms. The zero-order valence-electron chi connectivity index (χ0n) is 9.90. The monoisotopic (exact) mass is 288 g/mol. The van der Waals surface area contributed by atoms with Gasteiger partial charge in [0.25, 0.3) is 0 Å². The van der Waals surface area contributed by atoms with Crippen LogP contribution in [0.5, 0.6) is 0 Å². The van der Waals surface area contributed by atoms with Gasteiger partial charge < -0.3 is 5.32 Å². The molecule has 0 saturated heterocycles. The average Bonchev–Trinajstić information content (AvgIpc) is 2.42. The second-order valence-electron chi connectivity index (χ2n) is 4.12. The summed E-state index contributed by atoms with van der Waals surface area (Å²) < 4.78 is 0. The molecule has 0 bridgehead atoms. The summed E-state index contributed by atoms with van der Waals surface area (Å²) in [4.78, 5) is 4.32. The summed E-state index contributed by atoms with van der Waals surface area (Å²) >= 11 is 12.2. The lowest BCUT2D eigenvalue weighted by molar-refractivity contribution is 1.40. The van der Waals surface area contributed by atoms with Gasteiger partial charge in [-0.15, -0.1) is 0 Å². The van der Waals surface area contributed by atoms with Gasteiger partial charge in [-0.1, -0.05) is 35.3 Å². The molecule has 2 nitrogen and oxygen atoms in total. The fourth-order valence-corrected chi connectivity index (χ4v) is 2.29. The lowest BCUT2D eigenvalue weighted by atomic mass is 10.2. The van der Waals surface area contributed by atoms with Gasteiger partial charge >= 0.3 is 0 Å². The molecule has 94 valence electrons. The molecule has 0 fully saturated rings. The molecule has 1 heterocycles. The summed E-state index contributed by atoms with van der Waals surface area (Å²) in [6, 6.07) is 15.1. The lowest BCUT2D eigenvalue weighted by Gasteiger charge is -2.10. The number of pyridine rings is 1. The van der Waals surface area contributed by atoms with E-state index >= 15 is 0 Å².